The average molecular weight is 268 g/mol. The summed E-state index contributed by atoms with van der Waals surface area (Å²) in [5.74, 6) is -0.669. The van der Waals surface area contributed by atoms with Crippen LogP contribution in [0.25, 0.3) is 0 Å². The predicted molar refractivity (Wildman–Crippen MR) is 71.8 cm³/mol. The summed E-state index contributed by atoms with van der Waals surface area (Å²) in [7, 11) is 0. The summed E-state index contributed by atoms with van der Waals surface area (Å²) < 4.78 is 0. The Morgan fingerprint density at radius 1 is 1.11 bits per heavy atom. The SMILES string of the molecule is CC(=O)N1CCC(N2CCC(C(=O)O)CC2C)CC1. The van der Waals surface area contributed by atoms with E-state index < -0.39 is 5.97 Å². The molecule has 2 rings (SSSR count). The highest BCUT2D eigenvalue weighted by Crippen LogP contribution is 2.28. The molecule has 1 amide bonds. The number of hydrogen-bond donors (Lipinski definition) is 1. The van der Waals surface area contributed by atoms with Crippen molar-refractivity contribution in [1.29, 1.82) is 0 Å². The molecule has 2 saturated heterocycles. The molecule has 108 valence electrons. The van der Waals surface area contributed by atoms with Crippen LogP contribution in [0.2, 0.25) is 0 Å². The van der Waals surface area contributed by atoms with Crippen molar-refractivity contribution in [2.75, 3.05) is 19.6 Å². The van der Waals surface area contributed by atoms with Crippen molar-refractivity contribution in [3.8, 4) is 0 Å². The van der Waals surface area contributed by atoms with Gasteiger partial charge in [0, 0.05) is 32.1 Å². The van der Waals surface area contributed by atoms with Crippen molar-refractivity contribution in [3.63, 3.8) is 0 Å². The van der Waals surface area contributed by atoms with Gasteiger partial charge < -0.3 is 10.0 Å². The van der Waals surface area contributed by atoms with E-state index in [4.69, 9.17) is 5.11 Å². The number of rotatable bonds is 2. The van der Waals surface area contributed by atoms with E-state index in [-0.39, 0.29) is 11.8 Å². The molecule has 0 aromatic carbocycles. The number of carboxylic acid groups (broad SMARTS) is 1. The molecule has 19 heavy (non-hydrogen) atoms. The molecule has 0 spiro atoms. The first-order valence-electron chi connectivity index (χ1n) is 7.23. The molecule has 0 bridgehead atoms. The lowest BCUT2D eigenvalue weighted by atomic mass is 9.89. The molecule has 0 aromatic heterocycles. The van der Waals surface area contributed by atoms with Gasteiger partial charge in [-0.15, -0.1) is 0 Å². The maximum atomic E-state index is 11.3. The summed E-state index contributed by atoms with van der Waals surface area (Å²) in [4.78, 5) is 26.7. The lowest BCUT2D eigenvalue weighted by Gasteiger charge is -2.44. The Morgan fingerprint density at radius 2 is 1.74 bits per heavy atom. The van der Waals surface area contributed by atoms with Gasteiger partial charge in [0.15, 0.2) is 0 Å². The third-order valence-corrected chi connectivity index (χ3v) is 4.66. The summed E-state index contributed by atoms with van der Waals surface area (Å²) in [5, 5.41) is 9.09. The lowest BCUT2D eigenvalue weighted by Crippen LogP contribution is -2.52. The van der Waals surface area contributed by atoms with Crippen LogP contribution in [0.4, 0.5) is 0 Å². The molecule has 2 heterocycles. The minimum Gasteiger partial charge on any atom is -0.481 e. The quantitative estimate of drug-likeness (QED) is 0.817. The molecule has 5 heteroatoms. The Morgan fingerprint density at radius 3 is 2.21 bits per heavy atom. The number of amides is 1. The molecule has 1 N–H and O–H groups in total. The van der Waals surface area contributed by atoms with Crippen LogP contribution in [0.1, 0.15) is 39.5 Å². The van der Waals surface area contributed by atoms with Gasteiger partial charge in [-0.25, -0.2) is 0 Å². The number of carbonyl (C=O) groups is 2. The first-order valence-corrected chi connectivity index (χ1v) is 7.23. The minimum atomic E-state index is -0.655. The molecule has 2 unspecified atom stereocenters. The van der Waals surface area contributed by atoms with Crippen molar-refractivity contribution in [1.82, 2.24) is 9.80 Å². The van der Waals surface area contributed by atoms with E-state index >= 15 is 0 Å². The van der Waals surface area contributed by atoms with Gasteiger partial charge in [-0.2, -0.15) is 0 Å². The van der Waals surface area contributed by atoms with Crippen molar-refractivity contribution < 1.29 is 14.7 Å². The third kappa shape index (κ3) is 3.26. The van der Waals surface area contributed by atoms with E-state index in [1.54, 1.807) is 6.92 Å². The van der Waals surface area contributed by atoms with Gasteiger partial charge in [-0.1, -0.05) is 0 Å². The van der Waals surface area contributed by atoms with Crippen molar-refractivity contribution in [3.05, 3.63) is 0 Å². The Labute approximate surface area is 114 Å². The summed E-state index contributed by atoms with van der Waals surface area (Å²) in [6.07, 6.45) is 3.54. The number of nitrogens with zero attached hydrogens (tertiary/aromatic N) is 2. The highest BCUT2D eigenvalue weighted by atomic mass is 16.4. The maximum absolute atomic E-state index is 11.3. The lowest BCUT2D eigenvalue weighted by molar-refractivity contribution is -0.144. The van der Waals surface area contributed by atoms with E-state index in [0.29, 0.717) is 12.1 Å². The van der Waals surface area contributed by atoms with Gasteiger partial charge in [0.2, 0.25) is 5.91 Å². The normalized spacial score (nSPS) is 30.3. The molecule has 2 aliphatic heterocycles. The van der Waals surface area contributed by atoms with Crippen molar-refractivity contribution >= 4 is 11.9 Å². The number of piperidine rings is 2. The molecule has 5 nitrogen and oxygen atoms in total. The van der Waals surface area contributed by atoms with Crippen LogP contribution in [0, 0.1) is 5.92 Å². The molecule has 2 fully saturated rings. The fourth-order valence-corrected chi connectivity index (χ4v) is 3.47. The van der Waals surface area contributed by atoms with Gasteiger partial charge >= 0.3 is 5.97 Å². The van der Waals surface area contributed by atoms with Gasteiger partial charge in [-0.3, -0.25) is 14.5 Å². The fraction of sp³-hybridized carbons (Fsp3) is 0.857. The second kappa shape index (κ2) is 5.90. The zero-order chi connectivity index (χ0) is 14.0. The first kappa shape index (κ1) is 14.3. The molecule has 0 radical (unpaired) electrons. The molecule has 2 atom stereocenters. The van der Waals surface area contributed by atoms with Crippen LogP contribution in [0.3, 0.4) is 0 Å². The second-order valence-electron chi connectivity index (χ2n) is 5.88. The Hall–Kier alpha value is -1.10. The van der Waals surface area contributed by atoms with E-state index in [1.807, 2.05) is 4.90 Å². The van der Waals surface area contributed by atoms with E-state index in [0.717, 1.165) is 45.3 Å². The van der Waals surface area contributed by atoms with E-state index in [2.05, 4.69) is 11.8 Å². The summed E-state index contributed by atoms with van der Waals surface area (Å²) >= 11 is 0. The zero-order valence-electron chi connectivity index (χ0n) is 11.8. The predicted octanol–water partition coefficient (Wildman–Crippen LogP) is 1.18. The fourth-order valence-electron chi connectivity index (χ4n) is 3.47. The first-order chi connectivity index (χ1) is 8.99. The van der Waals surface area contributed by atoms with Crippen LogP contribution in [-0.2, 0) is 9.59 Å². The third-order valence-electron chi connectivity index (χ3n) is 4.66. The van der Waals surface area contributed by atoms with Crippen LogP contribution >= 0.6 is 0 Å². The Kier molecular flexibility index (Phi) is 4.45. The molecule has 0 aliphatic carbocycles. The van der Waals surface area contributed by atoms with Crippen molar-refractivity contribution in [2.45, 2.75) is 51.6 Å². The summed E-state index contributed by atoms with van der Waals surface area (Å²) in [5.41, 5.74) is 0. The molecule has 0 saturated carbocycles. The number of carboxylic acids is 1. The maximum Gasteiger partial charge on any atom is 0.306 e. The van der Waals surface area contributed by atoms with Gasteiger partial charge in [0.1, 0.15) is 0 Å². The summed E-state index contributed by atoms with van der Waals surface area (Å²) in [6, 6.07) is 0.851. The second-order valence-corrected chi connectivity index (χ2v) is 5.88. The Balaban J connectivity index is 1.87. The number of carbonyl (C=O) groups excluding carboxylic acids is 1. The van der Waals surface area contributed by atoms with Gasteiger partial charge in [0.25, 0.3) is 0 Å². The Bertz CT molecular complexity index is 351. The van der Waals surface area contributed by atoms with E-state index in [1.165, 1.54) is 0 Å². The van der Waals surface area contributed by atoms with Crippen LogP contribution in [0.15, 0.2) is 0 Å². The van der Waals surface area contributed by atoms with E-state index in [9.17, 15) is 9.59 Å². The monoisotopic (exact) mass is 268 g/mol. The average Bonchev–Trinajstić information content (AvgIpc) is 2.38. The minimum absolute atomic E-state index is 0.163. The highest BCUT2D eigenvalue weighted by molar-refractivity contribution is 5.73. The number of likely N-dealkylation sites (tertiary alicyclic amines) is 2. The van der Waals surface area contributed by atoms with Gasteiger partial charge in [0.05, 0.1) is 5.92 Å². The molecular weight excluding hydrogens is 244 g/mol. The van der Waals surface area contributed by atoms with Crippen LogP contribution < -0.4 is 0 Å². The van der Waals surface area contributed by atoms with Crippen LogP contribution in [-0.4, -0.2) is 58.5 Å². The standard InChI is InChI=1S/C14H24N2O3/c1-10-9-12(14(18)19)3-8-16(10)13-4-6-15(7-5-13)11(2)17/h10,12-13H,3-9H2,1-2H3,(H,18,19). The topological polar surface area (TPSA) is 60.9 Å². The zero-order valence-corrected chi connectivity index (χ0v) is 11.8. The van der Waals surface area contributed by atoms with Gasteiger partial charge in [-0.05, 0) is 39.2 Å². The number of hydrogen-bond acceptors (Lipinski definition) is 3. The molecule has 2 aliphatic rings. The largest absolute Gasteiger partial charge is 0.481 e. The smallest absolute Gasteiger partial charge is 0.306 e. The molecule has 0 aromatic rings. The summed E-state index contributed by atoms with van der Waals surface area (Å²) in [6.45, 7) is 6.31. The molecular formula is C14H24N2O3. The van der Waals surface area contributed by atoms with Crippen LogP contribution in [0.5, 0.6) is 0 Å². The number of aliphatic carboxylic acids is 1. The highest BCUT2D eigenvalue weighted by Gasteiger charge is 2.34. The van der Waals surface area contributed by atoms with Crippen molar-refractivity contribution in [2.24, 2.45) is 5.92 Å².